The molecule has 1 fully saturated rings. The third-order valence-corrected chi connectivity index (χ3v) is 5.35. The first kappa shape index (κ1) is 22.3. The molecule has 8 heteroatoms. The number of aliphatic hydroxyl groups excluding tert-OH is 1. The van der Waals surface area contributed by atoms with Gasteiger partial charge in [0.1, 0.15) is 11.6 Å². The maximum Gasteiger partial charge on any atom is 0.295 e. The van der Waals surface area contributed by atoms with Crippen molar-refractivity contribution in [2.24, 2.45) is 0 Å². The molecule has 1 aliphatic heterocycles. The Labute approximate surface area is 183 Å². The van der Waals surface area contributed by atoms with Crippen LogP contribution in [-0.2, 0) is 14.3 Å². The Bertz CT molecular complexity index is 991. The molecule has 2 aromatic carbocycles. The first-order valence-electron chi connectivity index (χ1n) is 9.42. The molecule has 5 nitrogen and oxygen atoms in total. The van der Waals surface area contributed by atoms with Gasteiger partial charge in [0.25, 0.3) is 11.7 Å². The van der Waals surface area contributed by atoms with Crippen LogP contribution in [0.25, 0.3) is 5.76 Å². The smallest absolute Gasteiger partial charge is 0.295 e. The average Bonchev–Trinajstić information content (AvgIpc) is 2.96. The SMILES string of the molecule is CCOCCCN1C(=O)C(=O)C(=C(O)c2ccc(Cl)cc2Cl)[C@@H]1c1ccc(F)cc1. The molecule has 1 aliphatic rings. The molecule has 30 heavy (non-hydrogen) atoms. The van der Waals surface area contributed by atoms with E-state index in [9.17, 15) is 19.1 Å². The van der Waals surface area contributed by atoms with Crippen LogP contribution in [0, 0.1) is 5.82 Å². The molecule has 3 rings (SSSR count). The number of carbonyl (C=O) groups excluding carboxylic acids is 2. The molecule has 0 spiro atoms. The van der Waals surface area contributed by atoms with Crippen LogP contribution in [0.5, 0.6) is 0 Å². The number of likely N-dealkylation sites (tertiary alicyclic amines) is 1. The Hall–Kier alpha value is -2.41. The standard InChI is InChI=1S/C22H20Cl2FNO4/c1-2-30-11-3-10-26-19(13-4-7-15(25)8-5-13)18(21(28)22(26)29)20(27)16-9-6-14(23)12-17(16)24/h4-9,12,19,27H,2-3,10-11H2,1H3/t19-/m0/s1. The number of aliphatic hydroxyl groups is 1. The number of hydrogen-bond acceptors (Lipinski definition) is 4. The van der Waals surface area contributed by atoms with E-state index in [0.29, 0.717) is 30.2 Å². The molecule has 1 N–H and O–H groups in total. The van der Waals surface area contributed by atoms with Gasteiger partial charge in [-0.05, 0) is 49.2 Å². The first-order chi connectivity index (χ1) is 14.3. The van der Waals surface area contributed by atoms with Gasteiger partial charge < -0.3 is 14.7 Å². The van der Waals surface area contributed by atoms with Crippen molar-refractivity contribution in [1.29, 1.82) is 0 Å². The molecule has 0 bridgehead atoms. The number of ketones is 1. The Kier molecular flexibility index (Phi) is 7.13. The van der Waals surface area contributed by atoms with E-state index in [-0.39, 0.29) is 22.7 Å². The predicted octanol–water partition coefficient (Wildman–Crippen LogP) is 4.98. The monoisotopic (exact) mass is 451 g/mol. The van der Waals surface area contributed by atoms with E-state index in [1.165, 1.54) is 47.4 Å². The van der Waals surface area contributed by atoms with Gasteiger partial charge in [-0.2, -0.15) is 0 Å². The highest BCUT2D eigenvalue weighted by Gasteiger charge is 2.45. The molecule has 1 saturated heterocycles. The fraction of sp³-hybridized carbons (Fsp3) is 0.273. The second-order valence-corrected chi connectivity index (χ2v) is 7.56. The molecule has 0 unspecified atom stereocenters. The number of halogens is 3. The number of rotatable bonds is 7. The lowest BCUT2D eigenvalue weighted by molar-refractivity contribution is -0.140. The van der Waals surface area contributed by atoms with Crippen LogP contribution in [0.4, 0.5) is 4.39 Å². The molecular weight excluding hydrogens is 432 g/mol. The molecule has 1 amide bonds. The van der Waals surface area contributed by atoms with Crippen LogP contribution >= 0.6 is 23.2 Å². The van der Waals surface area contributed by atoms with Gasteiger partial charge in [-0.1, -0.05) is 35.3 Å². The van der Waals surface area contributed by atoms with E-state index in [1.807, 2.05) is 6.92 Å². The summed E-state index contributed by atoms with van der Waals surface area (Å²) in [5.74, 6) is -2.43. The molecule has 1 heterocycles. The zero-order valence-corrected chi connectivity index (χ0v) is 17.7. The van der Waals surface area contributed by atoms with E-state index in [4.69, 9.17) is 27.9 Å². The summed E-state index contributed by atoms with van der Waals surface area (Å²) in [4.78, 5) is 27.0. The maximum absolute atomic E-state index is 13.5. The fourth-order valence-electron chi connectivity index (χ4n) is 3.41. The molecule has 2 aromatic rings. The van der Waals surface area contributed by atoms with Crippen LogP contribution < -0.4 is 0 Å². The summed E-state index contributed by atoms with van der Waals surface area (Å²) in [5.41, 5.74) is 0.575. The van der Waals surface area contributed by atoms with Crippen molar-refractivity contribution in [3.8, 4) is 0 Å². The summed E-state index contributed by atoms with van der Waals surface area (Å²) in [5, 5.41) is 11.5. The number of amides is 1. The molecule has 0 saturated carbocycles. The zero-order chi connectivity index (χ0) is 21.8. The van der Waals surface area contributed by atoms with Crippen molar-refractivity contribution in [1.82, 2.24) is 4.90 Å². The Balaban J connectivity index is 2.09. The van der Waals surface area contributed by atoms with E-state index in [2.05, 4.69) is 0 Å². The summed E-state index contributed by atoms with van der Waals surface area (Å²) in [6.45, 7) is 3.05. The van der Waals surface area contributed by atoms with Crippen LogP contribution in [0.15, 0.2) is 48.0 Å². The van der Waals surface area contributed by atoms with Gasteiger partial charge >= 0.3 is 0 Å². The molecule has 1 atom stereocenters. The number of Topliss-reactive ketones (excluding diaryl/α,β-unsaturated/α-hetero) is 1. The third-order valence-electron chi connectivity index (χ3n) is 4.80. The summed E-state index contributed by atoms with van der Waals surface area (Å²) < 4.78 is 18.8. The van der Waals surface area contributed by atoms with Crippen LogP contribution in [0.3, 0.4) is 0 Å². The van der Waals surface area contributed by atoms with Crippen molar-refractivity contribution >= 4 is 40.7 Å². The molecular formula is C22H20Cl2FNO4. The van der Waals surface area contributed by atoms with Crippen LogP contribution in [0.2, 0.25) is 10.0 Å². The average molecular weight is 452 g/mol. The van der Waals surface area contributed by atoms with Gasteiger partial charge in [-0.25, -0.2) is 4.39 Å². The number of benzene rings is 2. The van der Waals surface area contributed by atoms with Crippen LogP contribution in [-0.4, -0.2) is 41.5 Å². The number of hydrogen-bond donors (Lipinski definition) is 1. The number of carbonyl (C=O) groups is 2. The third kappa shape index (κ3) is 4.51. The first-order valence-corrected chi connectivity index (χ1v) is 10.2. The van der Waals surface area contributed by atoms with Gasteiger partial charge in [-0.15, -0.1) is 0 Å². The summed E-state index contributed by atoms with van der Waals surface area (Å²) in [6, 6.07) is 9.01. The Morgan fingerprint density at radius 3 is 2.50 bits per heavy atom. The second kappa shape index (κ2) is 9.60. The van der Waals surface area contributed by atoms with Crippen molar-refractivity contribution < 1.29 is 23.8 Å². The number of nitrogens with zero attached hydrogens (tertiary/aromatic N) is 1. The Morgan fingerprint density at radius 2 is 1.87 bits per heavy atom. The Morgan fingerprint density at radius 1 is 1.17 bits per heavy atom. The molecule has 158 valence electrons. The van der Waals surface area contributed by atoms with Crippen molar-refractivity contribution in [2.75, 3.05) is 19.8 Å². The predicted molar refractivity (Wildman–Crippen MR) is 113 cm³/mol. The van der Waals surface area contributed by atoms with Crippen LogP contribution in [0.1, 0.15) is 30.5 Å². The molecule has 0 aliphatic carbocycles. The summed E-state index contributed by atoms with van der Waals surface area (Å²) in [6.07, 6.45) is 0.500. The van der Waals surface area contributed by atoms with E-state index >= 15 is 0 Å². The highest BCUT2D eigenvalue weighted by atomic mass is 35.5. The molecule has 0 aromatic heterocycles. The van der Waals surface area contributed by atoms with Crippen molar-refractivity contribution in [3.05, 3.63) is 75.0 Å². The minimum absolute atomic E-state index is 0.104. The quantitative estimate of drug-likeness (QED) is 0.279. The number of ether oxygens (including phenoxy) is 1. The zero-order valence-electron chi connectivity index (χ0n) is 16.2. The summed E-state index contributed by atoms with van der Waals surface area (Å²) >= 11 is 12.1. The van der Waals surface area contributed by atoms with Gasteiger partial charge in [0.15, 0.2) is 0 Å². The van der Waals surface area contributed by atoms with Crippen molar-refractivity contribution in [3.63, 3.8) is 0 Å². The van der Waals surface area contributed by atoms with E-state index in [0.717, 1.165) is 0 Å². The molecule has 0 radical (unpaired) electrons. The lowest BCUT2D eigenvalue weighted by Crippen LogP contribution is -2.31. The minimum atomic E-state index is -0.876. The van der Waals surface area contributed by atoms with Gasteiger partial charge in [0.2, 0.25) is 0 Å². The largest absolute Gasteiger partial charge is 0.507 e. The highest BCUT2D eigenvalue weighted by Crippen LogP contribution is 2.40. The van der Waals surface area contributed by atoms with Gasteiger partial charge in [0.05, 0.1) is 16.6 Å². The fourth-order valence-corrected chi connectivity index (χ4v) is 3.91. The highest BCUT2D eigenvalue weighted by molar-refractivity contribution is 6.47. The lowest BCUT2D eigenvalue weighted by Gasteiger charge is -2.25. The van der Waals surface area contributed by atoms with Gasteiger partial charge in [-0.3, -0.25) is 9.59 Å². The second-order valence-electron chi connectivity index (χ2n) is 6.72. The van der Waals surface area contributed by atoms with E-state index in [1.54, 1.807) is 0 Å². The maximum atomic E-state index is 13.5. The van der Waals surface area contributed by atoms with E-state index < -0.39 is 29.3 Å². The minimum Gasteiger partial charge on any atom is -0.507 e. The normalized spacial score (nSPS) is 18.3. The van der Waals surface area contributed by atoms with Gasteiger partial charge in [0, 0.05) is 30.3 Å². The topological polar surface area (TPSA) is 66.8 Å². The van der Waals surface area contributed by atoms with Crippen molar-refractivity contribution in [2.45, 2.75) is 19.4 Å². The lowest BCUT2D eigenvalue weighted by atomic mass is 9.95. The summed E-state index contributed by atoms with van der Waals surface area (Å²) in [7, 11) is 0.